The van der Waals surface area contributed by atoms with Gasteiger partial charge < -0.3 is 20.5 Å². The molecule has 2 atom stereocenters. The maximum absolute atomic E-state index is 11.8. The molecule has 114 valence electrons. The molecule has 2 unspecified atom stereocenters. The number of rotatable bonds is 6. The van der Waals surface area contributed by atoms with E-state index in [0.717, 1.165) is 5.56 Å². The van der Waals surface area contributed by atoms with Crippen LogP contribution >= 0.6 is 12.4 Å². The van der Waals surface area contributed by atoms with Gasteiger partial charge in [0.1, 0.15) is 0 Å². The third kappa shape index (κ3) is 4.58. The number of carbonyl (C=O) groups excluding carboxylic acids is 1. The Morgan fingerprint density at radius 2 is 1.85 bits per heavy atom. The SMILES string of the molecule is COc1ccc(C(C)NC(=O)C(C)CN)cc1OC.Cl. The standard InChI is InChI=1S/C14H22N2O3.ClH/c1-9(8-15)14(17)16-10(2)11-5-6-12(18-3)13(7-11)19-4;/h5-7,9-10H,8,15H2,1-4H3,(H,16,17);1H. The Labute approximate surface area is 126 Å². The summed E-state index contributed by atoms with van der Waals surface area (Å²) in [6.07, 6.45) is 0. The first-order chi connectivity index (χ1) is 9.03. The molecule has 0 saturated carbocycles. The van der Waals surface area contributed by atoms with Crippen molar-refractivity contribution in [1.29, 1.82) is 0 Å². The first kappa shape index (κ1) is 18.5. The minimum atomic E-state index is -0.192. The van der Waals surface area contributed by atoms with Gasteiger partial charge in [-0.3, -0.25) is 4.79 Å². The lowest BCUT2D eigenvalue weighted by molar-refractivity contribution is -0.124. The lowest BCUT2D eigenvalue weighted by Crippen LogP contribution is -2.34. The van der Waals surface area contributed by atoms with Crippen LogP contribution < -0.4 is 20.5 Å². The van der Waals surface area contributed by atoms with Crippen molar-refractivity contribution in [2.24, 2.45) is 11.7 Å². The number of benzene rings is 1. The Hall–Kier alpha value is -1.46. The van der Waals surface area contributed by atoms with Crippen molar-refractivity contribution in [1.82, 2.24) is 5.32 Å². The molecule has 0 bridgehead atoms. The Balaban J connectivity index is 0.00000361. The molecule has 0 aliphatic heterocycles. The number of halogens is 1. The third-order valence-electron chi connectivity index (χ3n) is 3.07. The van der Waals surface area contributed by atoms with Crippen molar-refractivity contribution in [3.63, 3.8) is 0 Å². The predicted octanol–water partition coefficient (Wildman–Crippen LogP) is 1.90. The maximum Gasteiger partial charge on any atom is 0.224 e. The van der Waals surface area contributed by atoms with E-state index in [0.29, 0.717) is 18.0 Å². The van der Waals surface area contributed by atoms with Gasteiger partial charge in [-0.1, -0.05) is 13.0 Å². The number of methoxy groups -OCH3 is 2. The summed E-state index contributed by atoms with van der Waals surface area (Å²) in [6.45, 7) is 4.06. The highest BCUT2D eigenvalue weighted by Gasteiger charge is 2.16. The second-order valence-electron chi connectivity index (χ2n) is 4.48. The summed E-state index contributed by atoms with van der Waals surface area (Å²) in [6, 6.07) is 5.47. The van der Waals surface area contributed by atoms with Crippen LogP contribution in [0, 0.1) is 5.92 Å². The normalized spacial score (nSPS) is 12.8. The van der Waals surface area contributed by atoms with Crippen LogP contribution in [-0.4, -0.2) is 26.7 Å². The van der Waals surface area contributed by atoms with Gasteiger partial charge in [0, 0.05) is 12.5 Å². The molecule has 0 radical (unpaired) electrons. The molecule has 5 nitrogen and oxygen atoms in total. The van der Waals surface area contributed by atoms with E-state index in [-0.39, 0.29) is 30.3 Å². The van der Waals surface area contributed by atoms with E-state index in [1.165, 1.54) is 0 Å². The van der Waals surface area contributed by atoms with Crippen molar-refractivity contribution in [2.45, 2.75) is 19.9 Å². The Morgan fingerprint density at radius 3 is 2.35 bits per heavy atom. The lowest BCUT2D eigenvalue weighted by atomic mass is 10.1. The van der Waals surface area contributed by atoms with Crippen molar-refractivity contribution >= 4 is 18.3 Å². The molecular formula is C14H23ClN2O3. The van der Waals surface area contributed by atoms with E-state index in [1.54, 1.807) is 21.1 Å². The number of hydrogen-bond acceptors (Lipinski definition) is 4. The fourth-order valence-corrected chi connectivity index (χ4v) is 1.67. The highest BCUT2D eigenvalue weighted by atomic mass is 35.5. The zero-order chi connectivity index (χ0) is 14.4. The van der Waals surface area contributed by atoms with E-state index in [2.05, 4.69) is 5.32 Å². The van der Waals surface area contributed by atoms with Gasteiger partial charge in [0.25, 0.3) is 0 Å². The molecule has 0 spiro atoms. The second-order valence-corrected chi connectivity index (χ2v) is 4.48. The monoisotopic (exact) mass is 302 g/mol. The molecule has 0 saturated heterocycles. The Kier molecular flexibility index (Phi) is 8.03. The van der Waals surface area contributed by atoms with E-state index in [4.69, 9.17) is 15.2 Å². The van der Waals surface area contributed by atoms with E-state index < -0.39 is 0 Å². The van der Waals surface area contributed by atoms with Gasteiger partial charge in [-0.2, -0.15) is 0 Å². The van der Waals surface area contributed by atoms with Crippen LogP contribution in [0.4, 0.5) is 0 Å². The molecule has 0 aliphatic rings. The summed E-state index contributed by atoms with van der Waals surface area (Å²) in [7, 11) is 3.17. The topological polar surface area (TPSA) is 73.6 Å². The van der Waals surface area contributed by atoms with Crippen molar-refractivity contribution in [3.8, 4) is 11.5 Å². The number of nitrogens with one attached hydrogen (secondary N) is 1. The average molecular weight is 303 g/mol. The summed E-state index contributed by atoms with van der Waals surface area (Å²) in [5.41, 5.74) is 6.43. The molecule has 0 fully saturated rings. The van der Waals surface area contributed by atoms with E-state index in [1.807, 2.05) is 25.1 Å². The molecule has 0 aromatic heterocycles. The van der Waals surface area contributed by atoms with Crippen LogP contribution in [0.3, 0.4) is 0 Å². The van der Waals surface area contributed by atoms with Crippen LogP contribution in [0.5, 0.6) is 11.5 Å². The summed E-state index contributed by atoms with van der Waals surface area (Å²) in [5, 5.41) is 2.92. The molecule has 1 rings (SSSR count). The van der Waals surface area contributed by atoms with Crippen molar-refractivity contribution in [2.75, 3.05) is 20.8 Å². The molecular weight excluding hydrogens is 280 g/mol. The quantitative estimate of drug-likeness (QED) is 0.842. The van der Waals surface area contributed by atoms with Gasteiger partial charge in [0.2, 0.25) is 5.91 Å². The van der Waals surface area contributed by atoms with Gasteiger partial charge in [-0.25, -0.2) is 0 Å². The predicted molar refractivity (Wildman–Crippen MR) is 81.6 cm³/mol. The van der Waals surface area contributed by atoms with Gasteiger partial charge in [-0.05, 0) is 24.6 Å². The fraction of sp³-hybridized carbons (Fsp3) is 0.500. The van der Waals surface area contributed by atoms with Crippen molar-refractivity contribution < 1.29 is 14.3 Å². The van der Waals surface area contributed by atoms with Crippen LogP contribution in [0.1, 0.15) is 25.5 Å². The highest BCUT2D eigenvalue weighted by Crippen LogP contribution is 2.29. The summed E-state index contributed by atoms with van der Waals surface area (Å²) >= 11 is 0. The number of amides is 1. The molecule has 3 N–H and O–H groups in total. The number of ether oxygens (including phenoxy) is 2. The second kappa shape index (κ2) is 8.66. The molecule has 1 amide bonds. The van der Waals surface area contributed by atoms with Gasteiger partial charge in [0.05, 0.1) is 20.3 Å². The number of hydrogen-bond donors (Lipinski definition) is 2. The number of carbonyl (C=O) groups is 1. The van der Waals surface area contributed by atoms with Crippen LogP contribution in [0.15, 0.2) is 18.2 Å². The minimum Gasteiger partial charge on any atom is -0.493 e. The molecule has 20 heavy (non-hydrogen) atoms. The van der Waals surface area contributed by atoms with Crippen molar-refractivity contribution in [3.05, 3.63) is 23.8 Å². The minimum absolute atomic E-state index is 0. The summed E-state index contributed by atoms with van der Waals surface area (Å²) in [5.74, 6) is 1.07. The van der Waals surface area contributed by atoms with E-state index in [9.17, 15) is 4.79 Å². The highest BCUT2D eigenvalue weighted by molar-refractivity contribution is 5.85. The average Bonchev–Trinajstić information content (AvgIpc) is 2.45. The molecule has 1 aromatic rings. The third-order valence-corrected chi connectivity index (χ3v) is 3.07. The zero-order valence-corrected chi connectivity index (χ0v) is 13.1. The molecule has 0 aliphatic carbocycles. The maximum atomic E-state index is 11.8. The number of nitrogens with two attached hydrogens (primary N) is 1. The zero-order valence-electron chi connectivity index (χ0n) is 12.3. The van der Waals surface area contributed by atoms with Crippen LogP contribution in [0.2, 0.25) is 0 Å². The van der Waals surface area contributed by atoms with Crippen LogP contribution in [-0.2, 0) is 4.79 Å². The lowest BCUT2D eigenvalue weighted by Gasteiger charge is -2.18. The molecule has 6 heteroatoms. The summed E-state index contributed by atoms with van der Waals surface area (Å²) < 4.78 is 10.4. The summed E-state index contributed by atoms with van der Waals surface area (Å²) in [4.78, 5) is 11.8. The van der Waals surface area contributed by atoms with E-state index >= 15 is 0 Å². The molecule has 1 aromatic carbocycles. The van der Waals surface area contributed by atoms with Gasteiger partial charge >= 0.3 is 0 Å². The van der Waals surface area contributed by atoms with Gasteiger partial charge in [0.15, 0.2) is 11.5 Å². The smallest absolute Gasteiger partial charge is 0.224 e. The largest absolute Gasteiger partial charge is 0.493 e. The molecule has 0 heterocycles. The first-order valence-electron chi connectivity index (χ1n) is 6.25. The Morgan fingerprint density at radius 1 is 1.25 bits per heavy atom. The first-order valence-corrected chi connectivity index (χ1v) is 6.25. The van der Waals surface area contributed by atoms with Gasteiger partial charge in [-0.15, -0.1) is 12.4 Å². The van der Waals surface area contributed by atoms with Crippen LogP contribution in [0.25, 0.3) is 0 Å². The fourth-order valence-electron chi connectivity index (χ4n) is 1.67. The Bertz CT molecular complexity index is 440.